The fourth-order valence-electron chi connectivity index (χ4n) is 3.63. The van der Waals surface area contributed by atoms with E-state index in [4.69, 9.17) is 23.2 Å². The number of carbonyl (C=O) groups is 1. The summed E-state index contributed by atoms with van der Waals surface area (Å²) in [6.07, 6.45) is 1.91. The molecule has 0 unspecified atom stereocenters. The predicted molar refractivity (Wildman–Crippen MR) is 111 cm³/mol. The van der Waals surface area contributed by atoms with E-state index < -0.39 is 5.92 Å². The minimum absolute atomic E-state index is 0.214. The Labute approximate surface area is 183 Å². The molecule has 10 heteroatoms. The Morgan fingerprint density at radius 2 is 2.07 bits per heavy atom. The molecule has 6 nitrogen and oxygen atoms in total. The first kappa shape index (κ1) is 21.1. The summed E-state index contributed by atoms with van der Waals surface area (Å²) in [4.78, 5) is 23.1. The summed E-state index contributed by atoms with van der Waals surface area (Å²) in [7, 11) is 0. The van der Waals surface area contributed by atoms with Gasteiger partial charge in [-0.15, -0.1) is 0 Å². The van der Waals surface area contributed by atoms with Gasteiger partial charge >= 0.3 is 6.03 Å². The second-order valence-corrected chi connectivity index (χ2v) is 8.60. The number of hydrogen-bond acceptors (Lipinski definition) is 4. The highest BCUT2D eigenvalue weighted by Gasteiger charge is 2.45. The zero-order chi connectivity index (χ0) is 21.5. The quantitative estimate of drug-likeness (QED) is 0.692. The van der Waals surface area contributed by atoms with Crippen LogP contribution in [0.3, 0.4) is 0 Å². The van der Waals surface area contributed by atoms with Gasteiger partial charge in [-0.1, -0.05) is 29.3 Å². The van der Waals surface area contributed by atoms with Gasteiger partial charge in [-0.25, -0.2) is 23.5 Å². The Balaban J connectivity index is 1.38. The van der Waals surface area contributed by atoms with Crippen LogP contribution < -0.4 is 10.6 Å². The van der Waals surface area contributed by atoms with Crippen LogP contribution in [0.4, 0.5) is 19.5 Å². The molecule has 2 amide bonds. The Morgan fingerprint density at radius 1 is 1.30 bits per heavy atom. The average molecular weight is 456 g/mol. The molecule has 0 spiro atoms. The summed E-state index contributed by atoms with van der Waals surface area (Å²) in [5.41, 5.74) is 2.53. The standard InChI is InChI=1S/C20H21Cl2F2N5O/c1-11(12-2-3-15(21)16(22)6-12)26-19(30)29-5-4-13-9-25-18(28-17(13)10-29)27-14-7-20(23,24)8-14/h2-3,6,9,11,14H,4-5,7-8,10H2,1H3,(H,26,30)(H,25,27,28)/t11-/m1/s1. The maximum atomic E-state index is 13.0. The number of carbonyl (C=O) groups excluding carboxylic acids is 1. The van der Waals surface area contributed by atoms with Crippen molar-refractivity contribution in [3.63, 3.8) is 0 Å². The molecule has 2 N–H and O–H groups in total. The number of benzene rings is 1. The fraction of sp³-hybridized carbons (Fsp3) is 0.450. The van der Waals surface area contributed by atoms with Crippen LogP contribution in [0.2, 0.25) is 10.0 Å². The van der Waals surface area contributed by atoms with Crippen LogP contribution >= 0.6 is 23.2 Å². The van der Waals surface area contributed by atoms with E-state index in [1.165, 1.54) is 0 Å². The molecule has 1 aromatic carbocycles. The first-order valence-electron chi connectivity index (χ1n) is 9.70. The molecule has 1 atom stereocenters. The number of fused-ring (bicyclic) bond motifs is 1. The van der Waals surface area contributed by atoms with Crippen LogP contribution in [0.25, 0.3) is 0 Å². The lowest BCUT2D eigenvalue weighted by molar-refractivity contribution is -0.0794. The second-order valence-electron chi connectivity index (χ2n) is 7.79. The predicted octanol–water partition coefficient (Wildman–Crippen LogP) is 4.82. The van der Waals surface area contributed by atoms with Gasteiger partial charge in [-0.2, -0.15) is 0 Å². The van der Waals surface area contributed by atoms with E-state index in [0.29, 0.717) is 35.5 Å². The van der Waals surface area contributed by atoms with Gasteiger partial charge in [0.25, 0.3) is 5.92 Å². The molecule has 160 valence electrons. The smallest absolute Gasteiger partial charge is 0.318 e. The number of nitrogens with one attached hydrogen (secondary N) is 2. The van der Waals surface area contributed by atoms with Gasteiger partial charge in [-0.05, 0) is 36.6 Å². The zero-order valence-electron chi connectivity index (χ0n) is 16.3. The van der Waals surface area contributed by atoms with Gasteiger partial charge in [-0.3, -0.25) is 0 Å². The van der Waals surface area contributed by atoms with E-state index in [1.807, 2.05) is 13.0 Å². The van der Waals surface area contributed by atoms with E-state index in [-0.39, 0.29) is 31.0 Å². The van der Waals surface area contributed by atoms with Gasteiger partial charge in [0.15, 0.2) is 0 Å². The summed E-state index contributed by atoms with van der Waals surface area (Å²) in [6, 6.07) is 4.45. The van der Waals surface area contributed by atoms with Gasteiger partial charge in [0.05, 0.1) is 28.3 Å². The van der Waals surface area contributed by atoms with Crippen molar-refractivity contribution < 1.29 is 13.6 Å². The van der Waals surface area contributed by atoms with E-state index in [2.05, 4.69) is 20.6 Å². The molecule has 1 aliphatic heterocycles. The highest BCUT2D eigenvalue weighted by atomic mass is 35.5. The normalized spacial score (nSPS) is 18.9. The highest BCUT2D eigenvalue weighted by Crippen LogP contribution is 2.38. The van der Waals surface area contributed by atoms with Crippen molar-refractivity contribution in [2.45, 2.75) is 50.7 Å². The maximum absolute atomic E-state index is 13.0. The van der Waals surface area contributed by atoms with Crippen LogP contribution in [0, 0.1) is 0 Å². The number of rotatable bonds is 4. The van der Waals surface area contributed by atoms with Crippen molar-refractivity contribution in [2.75, 3.05) is 11.9 Å². The van der Waals surface area contributed by atoms with Crippen LogP contribution in [0.15, 0.2) is 24.4 Å². The minimum atomic E-state index is -2.61. The first-order valence-corrected chi connectivity index (χ1v) is 10.5. The molecule has 0 radical (unpaired) electrons. The molecule has 30 heavy (non-hydrogen) atoms. The average Bonchev–Trinajstić information content (AvgIpc) is 2.68. The zero-order valence-corrected chi connectivity index (χ0v) is 17.8. The number of nitrogens with zero attached hydrogens (tertiary/aromatic N) is 3. The topological polar surface area (TPSA) is 70.2 Å². The third-order valence-electron chi connectivity index (χ3n) is 5.44. The summed E-state index contributed by atoms with van der Waals surface area (Å²) >= 11 is 12.0. The van der Waals surface area contributed by atoms with Gasteiger partial charge in [0.2, 0.25) is 5.95 Å². The largest absolute Gasteiger partial charge is 0.351 e. The van der Waals surface area contributed by atoms with E-state index in [1.54, 1.807) is 23.2 Å². The van der Waals surface area contributed by atoms with Gasteiger partial charge < -0.3 is 15.5 Å². The Hall–Kier alpha value is -2.19. The van der Waals surface area contributed by atoms with E-state index in [9.17, 15) is 13.6 Å². The van der Waals surface area contributed by atoms with Crippen molar-refractivity contribution in [1.29, 1.82) is 0 Å². The second kappa shape index (κ2) is 8.15. The molecule has 0 saturated heterocycles. The number of amides is 2. The molecule has 1 aromatic heterocycles. The van der Waals surface area contributed by atoms with E-state index >= 15 is 0 Å². The third kappa shape index (κ3) is 4.59. The molecule has 0 bridgehead atoms. The van der Waals surface area contributed by atoms with Crippen molar-refractivity contribution in [3.05, 3.63) is 51.3 Å². The third-order valence-corrected chi connectivity index (χ3v) is 6.18. The van der Waals surface area contributed by atoms with Crippen LogP contribution in [-0.4, -0.2) is 39.4 Å². The van der Waals surface area contributed by atoms with Gasteiger partial charge in [0.1, 0.15) is 0 Å². The van der Waals surface area contributed by atoms with Crippen molar-refractivity contribution in [2.24, 2.45) is 0 Å². The molecule has 1 fully saturated rings. The van der Waals surface area contributed by atoms with Gasteiger partial charge in [0, 0.05) is 31.6 Å². The SMILES string of the molecule is C[C@@H](NC(=O)N1CCc2cnc(NC3CC(F)(F)C3)nc2C1)c1ccc(Cl)c(Cl)c1. The minimum Gasteiger partial charge on any atom is -0.351 e. The van der Waals surface area contributed by atoms with Crippen molar-refractivity contribution >= 4 is 35.2 Å². The molecule has 1 saturated carbocycles. The lowest BCUT2D eigenvalue weighted by Gasteiger charge is -2.35. The van der Waals surface area contributed by atoms with Crippen LogP contribution in [0.5, 0.6) is 0 Å². The summed E-state index contributed by atoms with van der Waals surface area (Å²) in [5, 5.41) is 6.80. The molecule has 2 aromatic rings. The van der Waals surface area contributed by atoms with Crippen LogP contribution in [-0.2, 0) is 13.0 Å². The number of anilines is 1. The molecular formula is C20H21Cl2F2N5O. The number of alkyl halides is 2. The number of urea groups is 1. The number of halogens is 4. The summed E-state index contributed by atoms with van der Waals surface area (Å²) in [5.74, 6) is -2.29. The molecule has 1 aliphatic carbocycles. The van der Waals surface area contributed by atoms with Crippen molar-refractivity contribution in [1.82, 2.24) is 20.2 Å². The maximum Gasteiger partial charge on any atom is 0.318 e. The van der Waals surface area contributed by atoms with Crippen LogP contribution in [0.1, 0.15) is 42.6 Å². The lowest BCUT2D eigenvalue weighted by atomic mass is 9.88. The first-order chi connectivity index (χ1) is 14.2. The Morgan fingerprint density at radius 3 is 2.77 bits per heavy atom. The molecular weight excluding hydrogens is 435 g/mol. The summed E-state index contributed by atoms with van der Waals surface area (Å²) in [6.45, 7) is 2.74. The highest BCUT2D eigenvalue weighted by molar-refractivity contribution is 6.42. The monoisotopic (exact) mass is 455 g/mol. The van der Waals surface area contributed by atoms with Crippen molar-refractivity contribution in [3.8, 4) is 0 Å². The lowest BCUT2D eigenvalue weighted by Crippen LogP contribution is -2.45. The number of hydrogen-bond donors (Lipinski definition) is 2. The molecule has 2 heterocycles. The Kier molecular flexibility index (Phi) is 5.72. The fourth-order valence-corrected chi connectivity index (χ4v) is 3.94. The number of aromatic nitrogens is 2. The molecule has 2 aliphatic rings. The summed E-state index contributed by atoms with van der Waals surface area (Å²) < 4.78 is 26.1. The Bertz CT molecular complexity index is 966. The van der Waals surface area contributed by atoms with E-state index in [0.717, 1.165) is 16.8 Å². The molecule has 4 rings (SSSR count).